The number of thiophene rings is 1. The molecule has 0 aliphatic heterocycles. The van der Waals surface area contributed by atoms with E-state index in [0.717, 1.165) is 18.4 Å². The molecule has 2 aromatic rings. The highest BCUT2D eigenvalue weighted by Gasteiger charge is 2.24. The van der Waals surface area contributed by atoms with E-state index < -0.39 is 12.1 Å². The predicted octanol–water partition coefficient (Wildman–Crippen LogP) is 2.18. The normalized spacial score (nSPS) is 13.1. The Bertz CT molecular complexity index is 745. The number of benzene rings is 1. The van der Waals surface area contributed by atoms with E-state index in [-0.39, 0.29) is 17.6 Å². The second kappa shape index (κ2) is 10.8. The van der Waals surface area contributed by atoms with Gasteiger partial charge in [0.1, 0.15) is 11.8 Å². The third kappa shape index (κ3) is 6.98. The minimum Gasteiger partial charge on any atom is -0.508 e. The molecule has 28 heavy (non-hydrogen) atoms. The standard InChI is InChI=1S/C21H29N3O3S/c1-15(20(26)22-12-4-6-18-7-5-13-28-18)23-21(27)19(24(2)3)14-16-8-10-17(25)11-9-16/h5,7-11,13,15,19,25H,4,6,12,14H2,1-3H3,(H,22,26)(H,23,27)/t15-,19+/m1/s1. The van der Waals surface area contributed by atoms with Crippen molar-refractivity contribution in [3.63, 3.8) is 0 Å². The fourth-order valence-electron chi connectivity index (χ4n) is 2.82. The van der Waals surface area contributed by atoms with Crippen LogP contribution in [0.5, 0.6) is 5.75 Å². The maximum atomic E-state index is 12.7. The van der Waals surface area contributed by atoms with Crippen molar-refractivity contribution in [2.75, 3.05) is 20.6 Å². The van der Waals surface area contributed by atoms with Crippen molar-refractivity contribution >= 4 is 23.2 Å². The van der Waals surface area contributed by atoms with Crippen LogP contribution in [0.25, 0.3) is 0 Å². The third-order valence-electron chi connectivity index (χ3n) is 4.52. The van der Waals surface area contributed by atoms with Crippen LogP contribution in [-0.2, 0) is 22.4 Å². The maximum absolute atomic E-state index is 12.7. The number of phenolic OH excluding ortho intramolecular Hbond substituents is 1. The summed E-state index contributed by atoms with van der Waals surface area (Å²) in [7, 11) is 3.67. The third-order valence-corrected chi connectivity index (χ3v) is 5.46. The average molecular weight is 404 g/mol. The summed E-state index contributed by atoms with van der Waals surface area (Å²) in [6.45, 7) is 2.28. The lowest BCUT2D eigenvalue weighted by atomic mass is 10.0. The van der Waals surface area contributed by atoms with E-state index in [4.69, 9.17) is 0 Å². The smallest absolute Gasteiger partial charge is 0.242 e. The van der Waals surface area contributed by atoms with Crippen LogP contribution < -0.4 is 10.6 Å². The summed E-state index contributed by atoms with van der Waals surface area (Å²) in [5.41, 5.74) is 0.942. The van der Waals surface area contributed by atoms with Crippen molar-refractivity contribution < 1.29 is 14.7 Å². The lowest BCUT2D eigenvalue weighted by Crippen LogP contribution is -2.52. The van der Waals surface area contributed by atoms with E-state index in [1.54, 1.807) is 42.5 Å². The van der Waals surface area contributed by atoms with Gasteiger partial charge in [0, 0.05) is 11.4 Å². The van der Waals surface area contributed by atoms with E-state index in [1.165, 1.54) is 4.88 Å². The van der Waals surface area contributed by atoms with E-state index in [0.29, 0.717) is 13.0 Å². The minimum absolute atomic E-state index is 0.179. The molecule has 0 unspecified atom stereocenters. The van der Waals surface area contributed by atoms with E-state index >= 15 is 0 Å². The number of hydrogen-bond donors (Lipinski definition) is 3. The summed E-state index contributed by atoms with van der Waals surface area (Å²) in [5, 5.41) is 17.1. The summed E-state index contributed by atoms with van der Waals surface area (Å²) < 4.78 is 0. The highest BCUT2D eigenvalue weighted by molar-refractivity contribution is 7.09. The van der Waals surface area contributed by atoms with Gasteiger partial charge in [-0.3, -0.25) is 14.5 Å². The van der Waals surface area contributed by atoms with Crippen molar-refractivity contribution in [1.82, 2.24) is 15.5 Å². The number of aromatic hydroxyl groups is 1. The van der Waals surface area contributed by atoms with Gasteiger partial charge in [-0.05, 0) is 69.4 Å². The summed E-state index contributed by atoms with van der Waals surface area (Å²) >= 11 is 1.72. The van der Waals surface area contributed by atoms with Crippen LogP contribution >= 0.6 is 11.3 Å². The van der Waals surface area contributed by atoms with Gasteiger partial charge in [0.25, 0.3) is 0 Å². The summed E-state index contributed by atoms with van der Waals surface area (Å²) in [4.78, 5) is 28.1. The average Bonchev–Trinajstić information content (AvgIpc) is 3.17. The zero-order chi connectivity index (χ0) is 20.5. The first-order valence-corrected chi connectivity index (χ1v) is 10.3. The number of nitrogens with one attached hydrogen (secondary N) is 2. The monoisotopic (exact) mass is 403 g/mol. The first kappa shape index (κ1) is 21.9. The Kier molecular flexibility index (Phi) is 8.47. The molecule has 152 valence electrons. The van der Waals surface area contributed by atoms with E-state index in [9.17, 15) is 14.7 Å². The molecular weight excluding hydrogens is 374 g/mol. The molecule has 6 nitrogen and oxygen atoms in total. The van der Waals surface area contributed by atoms with Gasteiger partial charge in [-0.15, -0.1) is 11.3 Å². The quantitative estimate of drug-likeness (QED) is 0.531. The first-order chi connectivity index (χ1) is 13.4. The molecule has 1 heterocycles. The summed E-state index contributed by atoms with van der Waals surface area (Å²) in [5.74, 6) is -0.181. The molecule has 0 bridgehead atoms. The van der Waals surface area contributed by atoms with Crippen LogP contribution in [0.15, 0.2) is 41.8 Å². The molecule has 0 fully saturated rings. The first-order valence-electron chi connectivity index (χ1n) is 9.41. The van der Waals surface area contributed by atoms with Crippen LogP contribution in [0.1, 0.15) is 23.8 Å². The van der Waals surface area contributed by atoms with Crippen molar-refractivity contribution in [3.05, 3.63) is 52.2 Å². The number of aryl methyl sites for hydroxylation is 1. The molecule has 0 saturated heterocycles. The van der Waals surface area contributed by atoms with Crippen LogP contribution in [0.4, 0.5) is 0 Å². The lowest BCUT2D eigenvalue weighted by molar-refractivity contribution is -0.131. The molecule has 0 saturated carbocycles. The molecule has 7 heteroatoms. The van der Waals surface area contributed by atoms with Gasteiger partial charge in [-0.1, -0.05) is 18.2 Å². The number of carbonyl (C=O) groups is 2. The molecule has 0 aliphatic carbocycles. The molecule has 1 aromatic heterocycles. The van der Waals surface area contributed by atoms with Gasteiger partial charge in [0.05, 0.1) is 6.04 Å². The van der Waals surface area contributed by atoms with Gasteiger partial charge in [-0.25, -0.2) is 0 Å². The highest BCUT2D eigenvalue weighted by Crippen LogP contribution is 2.13. The molecule has 0 spiro atoms. The van der Waals surface area contributed by atoms with Crippen LogP contribution in [-0.4, -0.2) is 54.5 Å². The number of likely N-dealkylation sites (N-methyl/N-ethyl adjacent to an activating group) is 1. The Labute approximate surface area is 170 Å². The van der Waals surface area contributed by atoms with E-state index in [2.05, 4.69) is 16.7 Å². The van der Waals surface area contributed by atoms with Gasteiger partial charge in [-0.2, -0.15) is 0 Å². The predicted molar refractivity (Wildman–Crippen MR) is 113 cm³/mol. The van der Waals surface area contributed by atoms with Crippen LogP contribution in [0.2, 0.25) is 0 Å². The number of nitrogens with zero attached hydrogens (tertiary/aromatic N) is 1. The van der Waals surface area contributed by atoms with Gasteiger partial charge in [0.15, 0.2) is 0 Å². The number of amides is 2. The van der Waals surface area contributed by atoms with Crippen LogP contribution in [0.3, 0.4) is 0 Å². The van der Waals surface area contributed by atoms with Crippen LogP contribution in [0, 0.1) is 0 Å². The van der Waals surface area contributed by atoms with Crippen molar-refractivity contribution in [3.8, 4) is 5.75 Å². The van der Waals surface area contributed by atoms with Gasteiger partial charge in [0.2, 0.25) is 11.8 Å². The van der Waals surface area contributed by atoms with Gasteiger partial charge < -0.3 is 15.7 Å². The number of carbonyl (C=O) groups excluding carboxylic acids is 2. The Morgan fingerprint density at radius 3 is 2.46 bits per heavy atom. The largest absolute Gasteiger partial charge is 0.508 e. The lowest BCUT2D eigenvalue weighted by Gasteiger charge is -2.25. The molecule has 2 rings (SSSR count). The molecule has 3 N–H and O–H groups in total. The Hall–Kier alpha value is -2.38. The SMILES string of the molecule is C[C@@H](NC(=O)[C@H](Cc1ccc(O)cc1)N(C)C)C(=O)NCCCc1cccs1. The molecule has 1 aromatic carbocycles. The minimum atomic E-state index is -0.600. The second-order valence-electron chi connectivity index (χ2n) is 7.05. The Morgan fingerprint density at radius 1 is 1.14 bits per heavy atom. The fraction of sp³-hybridized carbons (Fsp3) is 0.429. The topological polar surface area (TPSA) is 81.7 Å². The fourth-order valence-corrected chi connectivity index (χ4v) is 3.57. The van der Waals surface area contributed by atoms with E-state index in [1.807, 2.05) is 30.4 Å². The Morgan fingerprint density at radius 2 is 1.86 bits per heavy atom. The van der Waals surface area contributed by atoms with Gasteiger partial charge >= 0.3 is 0 Å². The highest BCUT2D eigenvalue weighted by atomic mass is 32.1. The molecule has 2 atom stereocenters. The molecular formula is C21H29N3O3S. The molecule has 0 aliphatic rings. The van der Waals surface area contributed by atoms with Crippen molar-refractivity contribution in [1.29, 1.82) is 0 Å². The maximum Gasteiger partial charge on any atom is 0.242 e. The molecule has 0 radical (unpaired) electrons. The summed E-state index contributed by atoms with van der Waals surface area (Å²) in [6.07, 6.45) is 2.30. The second-order valence-corrected chi connectivity index (χ2v) is 8.09. The number of rotatable bonds is 10. The Balaban J connectivity index is 1.80. The molecule has 2 amide bonds. The van der Waals surface area contributed by atoms with Crippen molar-refractivity contribution in [2.45, 2.75) is 38.3 Å². The summed E-state index contributed by atoms with van der Waals surface area (Å²) in [6, 6.07) is 9.90. The zero-order valence-electron chi connectivity index (χ0n) is 16.6. The zero-order valence-corrected chi connectivity index (χ0v) is 17.5. The number of hydrogen-bond acceptors (Lipinski definition) is 5. The van der Waals surface area contributed by atoms with Crippen molar-refractivity contribution in [2.24, 2.45) is 0 Å². The number of phenols is 1.